The molecule has 0 unspecified atom stereocenters. The molecule has 5 nitrogen and oxygen atoms in total. The molecule has 110 valence electrons. The Morgan fingerprint density at radius 3 is 2.58 bits per heavy atom. The van der Waals surface area contributed by atoms with Crippen LogP contribution in [-0.2, 0) is 14.3 Å². The molecule has 1 aliphatic rings. The average molecular weight is 270 g/mol. The van der Waals surface area contributed by atoms with Gasteiger partial charge >= 0.3 is 5.97 Å². The molecule has 0 spiro atoms. The molecule has 0 aliphatic heterocycles. The van der Waals surface area contributed by atoms with E-state index in [0.717, 1.165) is 45.2 Å². The van der Waals surface area contributed by atoms with Crippen molar-refractivity contribution in [3.8, 4) is 0 Å². The third kappa shape index (κ3) is 8.59. The number of unbranched alkanes of at least 4 members (excludes halogenated alkanes) is 2. The number of nitrogens with one attached hydrogen (secondary N) is 2. The van der Waals surface area contributed by atoms with Gasteiger partial charge in [-0.25, -0.2) is 0 Å². The average Bonchev–Trinajstić information content (AvgIpc) is 3.21. The van der Waals surface area contributed by atoms with Gasteiger partial charge in [0.05, 0.1) is 6.61 Å². The first-order valence-corrected chi connectivity index (χ1v) is 7.38. The molecule has 0 aromatic carbocycles. The first-order chi connectivity index (χ1) is 9.24. The molecule has 0 atom stereocenters. The van der Waals surface area contributed by atoms with E-state index < -0.39 is 0 Å². The highest BCUT2D eigenvalue weighted by atomic mass is 16.5. The van der Waals surface area contributed by atoms with Crippen LogP contribution in [0.1, 0.15) is 45.4 Å². The number of carbonyl (C=O) groups is 2. The molecule has 0 aromatic rings. The molecule has 5 heteroatoms. The maximum Gasteiger partial charge on any atom is 0.305 e. The number of rotatable bonds is 11. The van der Waals surface area contributed by atoms with Crippen LogP contribution in [0.25, 0.3) is 0 Å². The van der Waals surface area contributed by atoms with E-state index in [4.69, 9.17) is 4.74 Å². The summed E-state index contributed by atoms with van der Waals surface area (Å²) in [4.78, 5) is 22.4. The van der Waals surface area contributed by atoms with Crippen LogP contribution in [0, 0.1) is 5.92 Å². The summed E-state index contributed by atoms with van der Waals surface area (Å²) in [5.41, 5.74) is 0. The van der Waals surface area contributed by atoms with Crippen LogP contribution in [0.2, 0.25) is 0 Å². The van der Waals surface area contributed by atoms with Crippen LogP contribution < -0.4 is 10.6 Å². The van der Waals surface area contributed by atoms with Crippen LogP contribution in [0.15, 0.2) is 0 Å². The quantitative estimate of drug-likeness (QED) is 0.438. The van der Waals surface area contributed by atoms with Gasteiger partial charge in [-0.15, -0.1) is 0 Å². The molecule has 1 fully saturated rings. The Morgan fingerprint density at radius 1 is 1.11 bits per heavy atom. The second-order valence-corrected chi connectivity index (χ2v) is 4.93. The zero-order chi connectivity index (χ0) is 13.9. The van der Waals surface area contributed by atoms with E-state index in [0.29, 0.717) is 25.5 Å². The molecule has 0 heterocycles. The maximum absolute atomic E-state index is 11.3. The van der Waals surface area contributed by atoms with E-state index in [1.165, 1.54) is 0 Å². The van der Waals surface area contributed by atoms with Crippen LogP contribution in [-0.4, -0.2) is 38.1 Å². The summed E-state index contributed by atoms with van der Waals surface area (Å²) in [7, 11) is 0. The fraction of sp³-hybridized carbons (Fsp3) is 0.857. The minimum Gasteiger partial charge on any atom is -0.466 e. The Hall–Kier alpha value is -1.10. The van der Waals surface area contributed by atoms with Gasteiger partial charge in [0.25, 0.3) is 0 Å². The monoisotopic (exact) mass is 270 g/mol. The van der Waals surface area contributed by atoms with Gasteiger partial charge in [-0.1, -0.05) is 6.42 Å². The van der Waals surface area contributed by atoms with Gasteiger partial charge in [-0.3, -0.25) is 9.59 Å². The van der Waals surface area contributed by atoms with Gasteiger partial charge in [0.2, 0.25) is 5.91 Å². The van der Waals surface area contributed by atoms with Crippen molar-refractivity contribution in [2.45, 2.75) is 45.4 Å². The molecular formula is C14H26N2O3. The van der Waals surface area contributed by atoms with Gasteiger partial charge in [0.15, 0.2) is 0 Å². The van der Waals surface area contributed by atoms with Crippen molar-refractivity contribution in [2.24, 2.45) is 5.92 Å². The second kappa shape index (κ2) is 9.78. The largest absolute Gasteiger partial charge is 0.466 e. The van der Waals surface area contributed by atoms with Crippen molar-refractivity contribution in [1.29, 1.82) is 0 Å². The number of hydrogen-bond acceptors (Lipinski definition) is 4. The van der Waals surface area contributed by atoms with Crippen LogP contribution in [0.3, 0.4) is 0 Å². The number of carbonyl (C=O) groups excluding carboxylic acids is 2. The smallest absolute Gasteiger partial charge is 0.305 e. The van der Waals surface area contributed by atoms with Gasteiger partial charge in [-0.2, -0.15) is 0 Å². The normalized spacial score (nSPS) is 14.2. The zero-order valence-corrected chi connectivity index (χ0v) is 11.9. The topological polar surface area (TPSA) is 67.4 Å². The lowest BCUT2D eigenvalue weighted by atomic mass is 10.2. The van der Waals surface area contributed by atoms with Crippen molar-refractivity contribution in [3.63, 3.8) is 0 Å². The van der Waals surface area contributed by atoms with Gasteiger partial charge in [0.1, 0.15) is 0 Å². The predicted molar refractivity (Wildman–Crippen MR) is 73.7 cm³/mol. The standard InChI is InChI=1S/C14H26N2O3/c1-2-19-13(17)6-4-3-5-9-15-10-11-16-14(18)12-7-8-12/h12,15H,2-11H2,1H3,(H,16,18). The lowest BCUT2D eigenvalue weighted by Crippen LogP contribution is -2.33. The maximum atomic E-state index is 11.3. The van der Waals surface area contributed by atoms with Crippen molar-refractivity contribution < 1.29 is 14.3 Å². The van der Waals surface area contributed by atoms with Crippen LogP contribution in [0.4, 0.5) is 0 Å². The first-order valence-electron chi connectivity index (χ1n) is 7.38. The van der Waals surface area contributed by atoms with E-state index in [-0.39, 0.29) is 11.9 Å². The van der Waals surface area contributed by atoms with E-state index in [1.807, 2.05) is 6.92 Å². The highest BCUT2D eigenvalue weighted by Gasteiger charge is 2.28. The van der Waals surface area contributed by atoms with E-state index in [9.17, 15) is 9.59 Å². The Balaban J connectivity index is 1.75. The molecule has 2 N–H and O–H groups in total. The number of esters is 1. The summed E-state index contributed by atoms with van der Waals surface area (Å²) < 4.78 is 4.85. The van der Waals surface area contributed by atoms with Gasteiger partial charge in [0, 0.05) is 25.4 Å². The first kappa shape index (κ1) is 16.0. The van der Waals surface area contributed by atoms with Gasteiger partial charge < -0.3 is 15.4 Å². The molecule has 19 heavy (non-hydrogen) atoms. The number of ether oxygens (including phenoxy) is 1. The molecule has 0 saturated heterocycles. The third-order valence-corrected chi connectivity index (χ3v) is 3.09. The summed E-state index contributed by atoms with van der Waals surface area (Å²) in [5, 5.41) is 6.20. The molecule has 0 radical (unpaired) electrons. The molecule has 0 aromatic heterocycles. The molecule has 0 bridgehead atoms. The lowest BCUT2D eigenvalue weighted by molar-refractivity contribution is -0.143. The number of hydrogen-bond donors (Lipinski definition) is 2. The molecule has 1 aliphatic carbocycles. The molecule has 1 rings (SSSR count). The third-order valence-electron chi connectivity index (χ3n) is 3.09. The van der Waals surface area contributed by atoms with E-state index in [2.05, 4.69) is 10.6 Å². The fourth-order valence-corrected chi connectivity index (χ4v) is 1.82. The number of amides is 1. The van der Waals surface area contributed by atoms with Crippen molar-refractivity contribution in [3.05, 3.63) is 0 Å². The zero-order valence-electron chi connectivity index (χ0n) is 11.9. The summed E-state index contributed by atoms with van der Waals surface area (Å²) >= 11 is 0. The SMILES string of the molecule is CCOC(=O)CCCCCNCCNC(=O)C1CC1. The molecule has 1 saturated carbocycles. The summed E-state index contributed by atoms with van der Waals surface area (Å²) in [6.07, 6.45) is 5.60. The van der Waals surface area contributed by atoms with Gasteiger partial charge in [-0.05, 0) is 39.2 Å². The van der Waals surface area contributed by atoms with Crippen LogP contribution in [0.5, 0.6) is 0 Å². The minimum absolute atomic E-state index is 0.0988. The van der Waals surface area contributed by atoms with Crippen molar-refractivity contribution >= 4 is 11.9 Å². The predicted octanol–water partition coefficient (Wildman–Crippen LogP) is 1.23. The van der Waals surface area contributed by atoms with E-state index >= 15 is 0 Å². The highest BCUT2D eigenvalue weighted by molar-refractivity contribution is 5.80. The van der Waals surface area contributed by atoms with Crippen molar-refractivity contribution in [1.82, 2.24) is 10.6 Å². The molecule has 1 amide bonds. The summed E-state index contributed by atoms with van der Waals surface area (Å²) in [6, 6.07) is 0. The summed E-state index contributed by atoms with van der Waals surface area (Å²) in [6.45, 7) is 4.74. The minimum atomic E-state index is -0.0988. The highest BCUT2D eigenvalue weighted by Crippen LogP contribution is 2.28. The second-order valence-electron chi connectivity index (χ2n) is 4.93. The Labute approximate surface area is 115 Å². The Morgan fingerprint density at radius 2 is 1.89 bits per heavy atom. The molecular weight excluding hydrogens is 244 g/mol. The van der Waals surface area contributed by atoms with E-state index in [1.54, 1.807) is 0 Å². The Kier molecular flexibility index (Phi) is 8.21. The van der Waals surface area contributed by atoms with Crippen molar-refractivity contribution in [2.75, 3.05) is 26.2 Å². The lowest BCUT2D eigenvalue weighted by Gasteiger charge is -2.06. The van der Waals surface area contributed by atoms with Crippen LogP contribution >= 0.6 is 0 Å². The summed E-state index contributed by atoms with van der Waals surface area (Å²) in [5.74, 6) is 0.400. The fourth-order valence-electron chi connectivity index (χ4n) is 1.82. The Bertz CT molecular complexity index is 278.